The summed E-state index contributed by atoms with van der Waals surface area (Å²) < 4.78 is 26.8. The SMILES string of the molecule is CCCNS(=O)(=O)NCCC(C)O. The summed E-state index contributed by atoms with van der Waals surface area (Å²) in [5.41, 5.74) is 0. The first-order valence-electron chi connectivity index (χ1n) is 4.40. The second-order valence-electron chi connectivity index (χ2n) is 2.93. The van der Waals surface area contributed by atoms with Gasteiger partial charge in [0, 0.05) is 13.1 Å². The monoisotopic (exact) mass is 210 g/mol. The Kier molecular flexibility index (Phi) is 6.23. The van der Waals surface area contributed by atoms with Crippen LogP contribution in [0.4, 0.5) is 0 Å². The first-order chi connectivity index (χ1) is 5.98. The second-order valence-corrected chi connectivity index (χ2v) is 4.51. The summed E-state index contributed by atoms with van der Waals surface area (Å²) >= 11 is 0. The van der Waals surface area contributed by atoms with E-state index < -0.39 is 16.3 Å². The van der Waals surface area contributed by atoms with Crippen molar-refractivity contribution in [2.45, 2.75) is 32.8 Å². The van der Waals surface area contributed by atoms with Gasteiger partial charge in [0.15, 0.2) is 0 Å². The summed E-state index contributed by atoms with van der Waals surface area (Å²) in [5, 5.41) is 8.87. The topological polar surface area (TPSA) is 78.4 Å². The van der Waals surface area contributed by atoms with Crippen molar-refractivity contribution >= 4 is 10.2 Å². The van der Waals surface area contributed by atoms with Gasteiger partial charge in [-0.2, -0.15) is 8.42 Å². The maximum atomic E-state index is 11.1. The fraction of sp³-hybridized carbons (Fsp3) is 1.00. The molecule has 0 aromatic carbocycles. The van der Waals surface area contributed by atoms with E-state index in [9.17, 15) is 8.42 Å². The number of hydrogen-bond donors (Lipinski definition) is 3. The van der Waals surface area contributed by atoms with Gasteiger partial charge in [-0.05, 0) is 19.8 Å². The summed E-state index contributed by atoms with van der Waals surface area (Å²) in [6.45, 7) is 4.20. The van der Waals surface area contributed by atoms with E-state index >= 15 is 0 Å². The van der Waals surface area contributed by atoms with Crippen molar-refractivity contribution in [3.8, 4) is 0 Å². The number of aliphatic hydroxyl groups excluding tert-OH is 1. The molecule has 0 aliphatic carbocycles. The molecular weight excluding hydrogens is 192 g/mol. The number of nitrogens with one attached hydrogen (secondary N) is 2. The highest BCUT2D eigenvalue weighted by Gasteiger charge is 2.07. The maximum absolute atomic E-state index is 11.1. The van der Waals surface area contributed by atoms with Gasteiger partial charge in [0.25, 0.3) is 10.2 Å². The van der Waals surface area contributed by atoms with E-state index in [2.05, 4.69) is 9.44 Å². The van der Waals surface area contributed by atoms with Crippen molar-refractivity contribution in [2.24, 2.45) is 0 Å². The largest absolute Gasteiger partial charge is 0.393 e. The fourth-order valence-corrected chi connectivity index (χ4v) is 1.65. The molecule has 0 bridgehead atoms. The van der Waals surface area contributed by atoms with Gasteiger partial charge in [-0.3, -0.25) is 0 Å². The van der Waals surface area contributed by atoms with E-state index in [-0.39, 0.29) is 6.54 Å². The molecule has 1 unspecified atom stereocenters. The maximum Gasteiger partial charge on any atom is 0.276 e. The molecule has 5 nitrogen and oxygen atoms in total. The molecule has 0 rings (SSSR count). The van der Waals surface area contributed by atoms with Crippen LogP contribution in [0.25, 0.3) is 0 Å². The predicted octanol–water partition coefficient (Wildman–Crippen LogP) is -0.409. The van der Waals surface area contributed by atoms with Crippen molar-refractivity contribution in [3.05, 3.63) is 0 Å². The van der Waals surface area contributed by atoms with Gasteiger partial charge in [-0.15, -0.1) is 0 Å². The van der Waals surface area contributed by atoms with Crippen LogP contribution in [0.1, 0.15) is 26.7 Å². The quantitative estimate of drug-likeness (QED) is 0.534. The lowest BCUT2D eigenvalue weighted by Crippen LogP contribution is -2.38. The first-order valence-corrected chi connectivity index (χ1v) is 5.88. The molecular formula is C7H18N2O3S. The van der Waals surface area contributed by atoms with Gasteiger partial charge in [0.1, 0.15) is 0 Å². The second kappa shape index (κ2) is 6.31. The molecule has 6 heteroatoms. The zero-order chi connectivity index (χ0) is 10.3. The average molecular weight is 210 g/mol. The summed E-state index contributed by atoms with van der Waals surface area (Å²) in [7, 11) is -3.35. The summed E-state index contributed by atoms with van der Waals surface area (Å²) in [4.78, 5) is 0. The molecule has 0 aromatic heterocycles. The summed E-state index contributed by atoms with van der Waals surface area (Å²) in [5.74, 6) is 0. The molecule has 0 spiro atoms. The third kappa shape index (κ3) is 8.17. The molecule has 0 fully saturated rings. The highest BCUT2D eigenvalue weighted by atomic mass is 32.2. The van der Waals surface area contributed by atoms with Crippen LogP contribution >= 0.6 is 0 Å². The Balaban J connectivity index is 3.64. The van der Waals surface area contributed by atoms with Gasteiger partial charge < -0.3 is 5.11 Å². The Morgan fingerprint density at radius 2 is 1.85 bits per heavy atom. The molecule has 1 atom stereocenters. The highest BCUT2D eigenvalue weighted by Crippen LogP contribution is 1.87. The van der Waals surface area contributed by atoms with Gasteiger partial charge >= 0.3 is 0 Å². The van der Waals surface area contributed by atoms with Crippen molar-refractivity contribution in [1.82, 2.24) is 9.44 Å². The van der Waals surface area contributed by atoms with Crippen LogP contribution in [0, 0.1) is 0 Å². The molecule has 0 heterocycles. The standard InChI is InChI=1S/C7H18N2O3S/c1-3-5-8-13(11,12)9-6-4-7(2)10/h7-10H,3-6H2,1-2H3. The zero-order valence-corrected chi connectivity index (χ0v) is 8.89. The van der Waals surface area contributed by atoms with E-state index in [4.69, 9.17) is 5.11 Å². The Morgan fingerprint density at radius 3 is 2.31 bits per heavy atom. The highest BCUT2D eigenvalue weighted by molar-refractivity contribution is 7.87. The Hall–Kier alpha value is -0.170. The lowest BCUT2D eigenvalue weighted by atomic mass is 10.3. The first kappa shape index (κ1) is 12.8. The molecule has 0 aromatic rings. The minimum absolute atomic E-state index is 0.261. The zero-order valence-electron chi connectivity index (χ0n) is 8.08. The van der Waals surface area contributed by atoms with E-state index in [0.29, 0.717) is 13.0 Å². The van der Waals surface area contributed by atoms with Gasteiger partial charge in [-0.1, -0.05) is 6.92 Å². The van der Waals surface area contributed by atoms with Crippen LogP contribution in [-0.2, 0) is 10.2 Å². The molecule has 0 saturated heterocycles. The normalized spacial score (nSPS) is 14.4. The molecule has 0 saturated carbocycles. The Bertz CT molecular complexity index is 214. The third-order valence-electron chi connectivity index (χ3n) is 1.40. The van der Waals surface area contributed by atoms with Crippen LogP contribution in [0.2, 0.25) is 0 Å². The Morgan fingerprint density at radius 1 is 1.31 bits per heavy atom. The van der Waals surface area contributed by atoms with E-state index in [0.717, 1.165) is 6.42 Å². The lowest BCUT2D eigenvalue weighted by Gasteiger charge is -2.07. The van der Waals surface area contributed by atoms with Gasteiger partial charge in [-0.25, -0.2) is 9.44 Å². The summed E-state index contributed by atoms with van der Waals surface area (Å²) in [6.07, 6.45) is 0.707. The number of hydrogen-bond acceptors (Lipinski definition) is 3. The van der Waals surface area contributed by atoms with Crippen molar-refractivity contribution < 1.29 is 13.5 Å². The van der Waals surface area contributed by atoms with Gasteiger partial charge in [0.05, 0.1) is 6.10 Å². The predicted molar refractivity (Wildman–Crippen MR) is 51.5 cm³/mol. The average Bonchev–Trinajstić information content (AvgIpc) is 2.00. The minimum atomic E-state index is -3.35. The molecule has 80 valence electrons. The van der Waals surface area contributed by atoms with Crippen LogP contribution in [0.5, 0.6) is 0 Å². The van der Waals surface area contributed by atoms with E-state index in [1.165, 1.54) is 0 Å². The third-order valence-corrected chi connectivity index (χ3v) is 2.56. The lowest BCUT2D eigenvalue weighted by molar-refractivity contribution is 0.186. The minimum Gasteiger partial charge on any atom is -0.393 e. The Labute approximate surface area is 79.7 Å². The van der Waals surface area contributed by atoms with Crippen molar-refractivity contribution in [1.29, 1.82) is 0 Å². The van der Waals surface area contributed by atoms with Crippen molar-refractivity contribution in [3.63, 3.8) is 0 Å². The smallest absolute Gasteiger partial charge is 0.276 e. The molecule has 0 aliphatic heterocycles. The van der Waals surface area contributed by atoms with E-state index in [1.807, 2.05) is 6.92 Å². The molecule has 0 radical (unpaired) electrons. The van der Waals surface area contributed by atoms with E-state index in [1.54, 1.807) is 6.92 Å². The molecule has 3 N–H and O–H groups in total. The fourth-order valence-electron chi connectivity index (χ4n) is 0.690. The van der Waals surface area contributed by atoms with Crippen LogP contribution in [-0.4, -0.2) is 32.7 Å². The molecule has 0 aliphatic rings. The van der Waals surface area contributed by atoms with Gasteiger partial charge in [0.2, 0.25) is 0 Å². The summed E-state index contributed by atoms with van der Waals surface area (Å²) in [6, 6.07) is 0. The van der Waals surface area contributed by atoms with Crippen LogP contribution in [0.15, 0.2) is 0 Å². The van der Waals surface area contributed by atoms with Crippen LogP contribution in [0.3, 0.4) is 0 Å². The number of rotatable bonds is 7. The van der Waals surface area contributed by atoms with Crippen molar-refractivity contribution in [2.75, 3.05) is 13.1 Å². The molecule has 13 heavy (non-hydrogen) atoms. The molecule has 0 amide bonds. The van der Waals surface area contributed by atoms with Crippen LogP contribution < -0.4 is 9.44 Å². The number of aliphatic hydroxyl groups is 1.